The third-order valence-corrected chi connectivity index (χ3v) is 2.37. The second-order valence-corrected chi connectivity index (χ2v) is 3.83. The highest BCUT2D eigenvalue weighted by Gasteiger charge is 2.17. The first-order valence-electron chi connectivity index (χ1n) is 5.63. The number of carboxylic acid groups (broad SMARTS) is 1. The van der Waals surface area contributed by atoms with E-state index in [1.54, 1.807) is 0 Å². The number of benzene rings is 1. The molecule has 1 atom stereocenters. The van der Waals surface area contributed by atoms with Crippen LogP contribution in [-0.2, 0) is 4.79 Å². The van der Waals surface area contributed by atoms with Crippen molar-refractivity contribution in [2.24, 2.45) is 0 Å². The number of hydrogen-bond acceptors (Lipinski definition) is 6. The van der Waals surface area contributed by atoms with Crippen molar-refractivity contribution in [3.63, 3.8) is 0 Å². The Morgan fingerprint density at radius 1 is 1.48 bits per heavy atom. The number of methoxy groups -OCH3 is 1. The van der Waals surface area contributed by atoms with Crippen molar-refractivity contribution in [2.75, 3.05) is 19.0 Å². The number of nitro benzene ring substituents is 1. The van der Waals surface area contributed by atoms with Crippen LogP contribution in [0.25, 0.3) is 0 Å². The number of nitro groups is 1. The third-order valence-electron chi connectivity index (χ3n) is 2.37. The second kappa shape index (κ2) is 7.05. The van der Waals surface area contributed by atoms with E-state index in [1.165, 1.54) is 19.2 Å². The lowest BCUT2D eigenvalue weighted by molar-refractivity contribution is -0.385. The predicted octanol–water partition coefficient (Wildman–Crippen LogP) is 0.170. The summed E-state index contributed by atoms with van der Waals surface area (Å²) < 4.78 is 4.80. The van der Waals surface area contributed by atoms with Crippen LogP contribution in [0.5, 0.6) is 5.75 Å². The van der Waals surface area contributed by atoms with Crippen molar-refractivity contribution in [1.29, 1.82) is 0 Å². The summed E-state index contributed by atoms with van der Waals surface area (Å²) in [7, 11) is 1.27. The van der Waals surface area contributed by atoms with Crippen LogP contribution < -0.4 is 15.4 Å². The minimum absolute atomic E-state index is 0.0345. The molecule has 2 amide bonds. The number of hydrogen-bond donors (Lipinski definition) is 4. The Labute approximate surface area is 118 Å². The van der Waals surface area contributed by atoms with E-state index in [1.807, 2.05) is 0 Å². The number of rotatable bonds is 6. The Hall–Kier alpha value is -2.88. The van der Waals surface area contributed by atoms with Crippen LogP contribution >= 0.6 is 0 Å². The van der Waals surface area contributed by atoms with E-state index in [2.05, 4.69) is 10.6 Å². The maximum atomic E-state index is 11.4. The topological polar surface area (TPSA) is 151 Å². The van der Waals surface area contributed by atoms with Crippen LogP contribution in [0.2, 0.25) is 0 Å². The lowest BCUT2D eigenvalue weighted by Crippen LogP contribution is -2.38. The van der Waals surface area contributed by atoms with Gasteiger partial charge in [-0.25, -0.2) is 9.59 Å². The molecule has 0 spiro atoms. The van der Waals surface area contributed by atoms with Gasteiger partial charge in [-0.3, -0.25) is 10.1 Å². The van der Waals surface area contributed by atoms with Gasteiger partial charge in [-0.1, -0.05) is 0 Å². The number of aliphatic hydroxyl groups excluding tert-OH is 1. The first kappa shape index (κ1) is 16.2. The quantitative estimate of drug-likeness (QED) is 0.431. The summed E-state index contributed by atoms with van der Waals surface area (Å²) in [4.78, 5) is 31.9. The highest BCUT2D eigenvalue weighted by molar-refractivity contribution is 5.90. The van der Waals surface area contributed by atoms with Gasteiger partial charge in [-0.05, 0) is 12.1 Å². The molecule has 0 saturated heterocycles. The fraction of sp³-hybridized carbons (Fsp3) is 0.273. The maximum absolute atomic E-state index is 11.4. The summed E-state index contributed by atoms with van der Waals surface area (Å²) in [5.41, 5.74) is -0.217. The number of aliphatic carboxylic acids is 1. The molecule has 0 saturated carbocycles. The number of carboxylic acids is 1. The Bertz CT molecular complexity index is 561. The molecule has 0 unspecified atom stereocenters. The van der Waals surface area contributed by atoms with Gasteiger partial charge in [0.2, 0.25) is 0 Å². The van der Waals surface area contributed by atoms with E-state index in [0.717, 1.165) is 6.07 Å². The summed E-state index contributed by atoms with van der Waals surface area (Å²) in [6, 6.07) is 2.96. The molecule has 0 heterocycles. The minimum Gasteiger partial charge on any atom is -0.490 e. The molecule has 1 rings (SSSR count). The molecular formula is C11H13N3O7. The van der Waals surface area contributed by atoms with E-state index >= 15 is 0 Å². The van der Waals surface area contributed by atoms with Crippen LogP contribution in [0.1, 0.15) is 0 Å². The standard InChI is InChI=1S/C11H13N3O7/c1-21-9-3-2-6(4-7(9)14(19)20)13-11(18)12-5-8(15)10(16)17/h2-4,8,15H,5H2,1H3,(H,16,17)(H2,12,13,18)/t8-/m0/s1. The van der Waals surface area contributed by atoms with Crippen LogP contribution in [0.15, 0.2) is 18.2 Å². The molecule has 1 aromatic rings. The van der Waals surface area contributed by atoms with Crippen molar-refractivity contribution in [3.8, 4) is 5.75 Å². The van der Waals surface area contributed by atoms with Gasteiger partial charge in [0.05, 0.1) is 18.6 Å². The van der Waals surface area contributed by atoms with E-state index in [0.29, 0.717) is 0 Å². The molecule has 10 nitrogen and oxygen atoms in total. The van der Waals surface area contributed by atoms with Gasteiger partial charge in [-0.2, -0.15) is 0 Å². The van der Waals surface area contributed by atoms with Crippen LogP contribution in [0.3, 0.4) is 0 Å². The highest BCUT2D eigenvalue weighted by atomic mass is 16.6. The number of carbonyl (C=O) groups is 2. The fourth-order valence-electron chi connectivity index (χ4n) is 1.36. The summed E-state index contributed by atoms with van der Waals surface area (Å²) in [6.45, 7) is -0.501. The van der Waals surface area contributed by atoms with Gasteiger partial charge in [0.25, 0.3) is 0 Å². The van der Waals surface area contributed by atoms with E-state index in [9.17, 15) is 19.7 Å². The van der Waals surface area contributed by atoms with Gasteiger partial charge in [0.1, 0.15) is 0 Å². The molecule has 0 radical (unpaired) electrons. The SMILES string of the molecule is COc1ccc(NC(=O)NC[C@H](O)C(=O)O)cc1[N+](=O)[O-]. The number of amides is 2. The molecule has 0 aliphatic rings. The Balaban J connectivity index is 2.70. The third kappa shape index (κ3) is 4.62. The monoisotopic (exact) mass is 299 g/mol. The minimum atomic E-state index is -1.74. The number of urea groups is 1. The Morgan fingerprint density at radius 3 is 2.67 bits per heavy atom. The lowest BCUT2D eigenvalue weighted by Gasteiger charge is -2.10. The molecular weight excluding hydrogens is 286 g/mol. The summed E-state index contributed by atoms with van der Waals surface area (Å²) in [5.74, 6) is -1.44. The molecule has 4 N–H and O–H groups in total. The zero-order valence-electron chi connectivity index (χ0n) is 10.9. The zero-order valence-corrected chi connectivity index (χ0v) is 10.9. The maximum Gasteiger partial charge on any atom is 0.334 e. The smallest absolute Gasteiger partial charge is 0.334 e. The van der Waals surface area contributed by atoms with Gasteiger partial charge in [0, 0.05) is 11.8 Å². The first-order valence-corrected chi connectivity index (χ1v) is 5.63. The van der Waals surface area contributed by atoms with Crippen LogP contribution in [0.4, 0.5) is 16.2 Å². The Kier molecular flexibility index (Phi) is 5.43. The zero-order chi connectivity index (χ0) is 16.0. The summed E-state index contributed by atoms with van der Waals surface area (Å²) >= 11 is 0. The molecule has 21 heavy (non-hydrogen) atoms. The largest absolute Gasteiger partial charge is 0.490 e. The average molecular weight is 299 g/mol. The number of nitrogens with one attached hydrogen (secondary N) is 2. The molecule has 114 valence electrons. The molecule has 0 aromatic heterocycles. The van der Waals surface area contributed by atoms with Crippen molar-refractivity contribution >= 4 is 23.4 Å². The van der Waals surface area contributed by atoms with Crippen molar-refractivity contribution in [1.82, 2.24) is 5.32 Å². The van der Waals surface area contributed by atoms with Crippen LogP contribution in [-0.4, -0.2) is 46.9 Å². The number of ether oxygens (including phenoxy) is 1. The normalized spacial score (nSPS) is 11.3. The fourth-order valence-corrected chi connectivity index (χ4v) is 1.36. The number of aliphatic hydroxyl groups is 1. The van der Waals surface area contributed by atoms with Crippen molar-refractivity contribution in [2.45, 2.75) is 6.10 Å². The number of carbonyl (C=O) groups excluding carboxylic acids is 1. The lowest BCUT2D eigenvalue weighted by atomic mass is 10.2. The van der Waals surface area contributed by atoms with E-state index in [4.69, 9.17) is 14.9 Å². The predicted molar refractivity (Wildman–Crippen MR) is 70.3 cm³/mol. The van der Waals surface area contributed by atoms with Crippen LogP contribution in [0, 0.1) is 10.1 Å². The highest BCUT2D eigenvalue weighted by Crippen LogP contribution is 2.29. The van der Waals surface area contributed by atoms with Crippen molar-refractivity contribution < 1.29 is 29.5 Å². The summed E-state index contributed by atoms with van der Waals surface area (Å²) in [6.07, 6.45) is -1.74. The molecule has 10 heteroatoms. The van der Waals surface area contributed by atoms with Gasteiger partial charge in [0.15, 0.2) is 11.9 Å². The van der Waals surface area contributed by atoms with Gasteiger partial charge in [-0.15, -0.1) is 0 Å². The molecule has 0 fully saturated rings. The van der Waals surface area contributed by atoms with E-state index in [-0.39, 0.29) is 17.1 Å². The average Bonchev–Trinajstić information content (AvgIpc) is 2.44. The Morgan fingerprint density at radius 2 is 2.14 bits per heavy atom. The van der Waals surface area contributed by atoms with Gasteiger partial charge < -0.3 is 25.6 Å². The molecule has 0 bridgehead atoms. The number of anilines is 1. The first-order chi connectivity index (χ1) is 9.85. The number of nitrogens with zero attached hydrogens (tertiary/aromatic N) is 1. The van der Waals surface area contributed by atoms with Crippen molar-refractivity contribution in [3.05, 3.63) is 28.3 Å². The molecule has 1 aromatic carbocycles. The summed E-state index contributed by atoms with van der Waals surface area (Å²) in [5, 5.41) is 32.6. The molecule has 0 aliphatic carbocycles. The van der Waals surface area contributed by atoms with E-state index < -0.39 is 29.6 Å². The molecule has 0 aliphatic heterocycles. The second-order valence-electron chi connectivity index (χ2n) is 3.83. The van der Waals surface area contributed by atoms with Gasteiger partial charge >= 0.3 is 17.7 Å².